The number of benzene rings is 1. The smallest absolute Gasteiger partial charge is 0.338 e. The molecule has 0 unspecified atom stereocenters. The fraction of sp³-hybridized carbons (Fsp3) is 0.400. The SMILES string of the molecule is COc1cccc(C(=O)OCC(=O)NC(=O)NC(C)(C)C)c1. The Morgan fingerprint density at radius 2 is 1.86 bits per heavy atom. The lowest BCUT2D eigenvalue weighted by Crippen LogP contribution is -2.49. The van der Waals surface area contributed by atoms with Crippen molar-refractivity contribution in [3.63, 3.8) is 0 Å². The highest BCUT2D eigenvalue weighted by Gasteiger charge is 2.17. The van der Waals surface area contributed by atoms with Crippen LogP contribution in [-0.4, -0.2) is 37.2 Å². The first-order valence-corrected chi connectivity index (χ1v) is 6.64. The number of carbonyl (C=O) groups excluding carboxylic acids is 3. The van der Waals surface area contributed by atoms with Gasteiger partial charge >= 0.3 is 12.0 Å². The van der Waals surface area contributed by atoms with Crippen molar-refractivity contribution >= 4 is 17.9 Å². The fourth-order valence-electron chi connectivity index (χ4n) is 1.50. The normalized spacial score (nSPS) is 10.5. The Bertz CT molecular complexity index is 563. The molecule has 0 aliphatic rings. The predicted molar refractivity (Wildman–Crippen MR) is 79.7 cm³/mol. The monoisotopic (exact) mass is 308 g/mol. The topological polar surface area (TPSA) is 93.7 Å². The first-order valence-electron chi connectivity index (χ1n) is 6.64. The Morgan fingerprint density at radius 1 is 1.18 bits per heavy atom. The summed E-state index contributed by atoms with van der Waals surface area (Å²) in [4.78, 5) is 34.8. The molecule has 0 spiro atoms. The van der Waals surface area contributed by atoms with Crippen molar-refractivity contribution in [1.82, 2.24) is 10.6 Å². The lowest BCUT2D eigenvalue weighted by molar-refractivity contribution is -0.123. The van der Waals surface area contributed by atoms with E-state index in [0.29, 0.717) is 5.75 Å². The van der Waals surface area contributed by atoms with Crippen LogP contribution in [0.3, 0.4) is 0 Å². The van der Waals surface area contributed by atoms with E-state index in [0.717, 1.165) is 0 Å². The number of urea groups is 1. The largest absolute Gasteiger partial charge is 0.497 e. The zero-order valence-electron chi connectivity index (χ0n) is 13.1. The van der Waals surface area contributed by atoms with Gasteiger partial charge in [-0.15, -0.1) is 0 Å². The van der Waals surface area contributed by atoms with Crippen LogP contribution in [0.15, 0.2) is 24.3 Å². The summed E-state index contributed by atoms with van der Waals surface area (Å²) < 4.78 is 9.82. The van der Waals surface area contributed by atoms with E-state index in [1.807, 2.05) is 0 Å². The molecule has 0 saturated heterocycles. The third-order valence-corrected chi connectivity index (χ3v) is 2.38. The summed E-state index contributed by atoms with van der Waals surface area (Å²) in [5.41, 5.74) is -0.215. The van der Waals surface area contributed by atoms with Crippen LogP contribution in [-0.2, 0) is 9.53 Å². The first-order chi connectivity index (χ1) is 10.2. The number of rotatable bonds is 4. The predicted octanol–water partition coefficient (Wildman–Crippen LogP) is 1.48. The molecule has 1 aromatic rings. The molecule has 22 heavy (non-hydrogen) atoms. The Morgan fingerprint density at radius 3 is 2.45 bits per heavy atom. The third-order valence-electron chi connectivity index (χ3n) is 2.38. The summed E-state index contributed by atoms with van der Waals surface area (Å²) in [5, 5.41) is 4.63. The molecule has 0 fully saturated rings. The van der Waals surface area contributed by atoms with Gasteiger partial charge in [-0.3, -0.25) is 10.1 Å². The maximum absolute atomic E-state index is 11.8. The van der Waals surface area contributed by atoms with Gasteiger partial charge in [0.2, 0.25) is 0 Å². The molecule has 7 heteroatoms. The standard InChI is InChI=1S/C15H20N2O5/c1-15(2,3)17-14(20)16-12(18)9-22-13(19)10-6-5-7-11(8-10)21-4/h5-8H,9H2,1-4H3,(H2,16,17,18,20). The van der Waals surface area contributed by atoms with Gasteiger partial charge in [0.1, 0.15) is 5.75 Å². The minimum Gasteiger partial charge on any atom is -0.497 e. The minimum atomic E-state index is -0.710. The van der Waals surface area contributed by atoms with Crippen molar-refractivity contribution < 1.29 is 23.9 Å². The van der Waals surface area contributed by atoms with E-state index in [4.69, 9.17) is 9.47 Å². The molecule has 1 rings (SSSR count). The zero-order chi connectivity index (χ0) is 16.8. The number of methoxy groups -OCH3 is 1. The number of carbonyl (C=O) groups is 3. The van der Waals surface area contributed by atoms with Crippen LogP contribution in [0, 0.1) is 0 Å². The van der Waals surface area contributed by atoms with Gasteiger partial charge in [-0.05, 0) is 39.0 Å². The summed E-state index contributed by atoms with van der Waals surface area (Å²) in [7, 11) is 1.48. The summed E-state index contributed by atoms with van der Waals surface area (Å²) >= 11 is 0. The lowest BCUT2D eigenvalue weighted by Gasteiger charge is -2.20. The van der Waals surface area contributed by atoms with Crippen LogP contribution in [0.2, 0.25) is 0 Å². The van der Waals surface area contributed by atoms with Crippen LogP contribution >= 0.6 is 0 Å². The number of ether oxygens (including phenoxy) is 2. The van der Waals surface area contributed by atoms with E-state index >= 15 is 0 Å². The summed E-state index contributed by atoms with van der Waals surface area (Å²) in [6, 6.07) is 5.70. The molecule has 120 valence electrons. The first kappa shape index (κ1) is 17.5. The van der Waals surface area contributed by atoms with Gasteiger partial charge in [0.05, 0.1) is 12.7 Å². The molecule has 0 aliphatic carbocycles. The van der Waals surface area contributed by atoms with E-state index in [1.54, 1.807) is 32.9 Å². The molecule has 0 atom stereocenters. The molecule has 0 radical (unpaired) electrons. The van der Waals surface area contributed by atoms with Crippen LogP contribution in [0.1, 0.15) is 31.1 Å². The van der Waals surface area contributed by atoms with E-state index < -0.39 is 30.1 Å². The van der Waals surface area contributed by atoms with E-state index in [1.165, 1.54) is 19.2 Å². The van der Waals surface area contributed by atoms with Crippen molar-refractivity contribution in [3.05, 3.63) is 29.8 Å². The van der Waals surface area contributed by atoms with Crippen LogP contribution in [0.5, 0.6) is 5.75 Å². The van der Waals surface area contributed by atoms with Crippen LogP contribution in [0.25, 0.3) is 0 Å². The molecular weight excluding hydrogens is 288 g/mol. The van der Waals surface area contributed by atoms with Gasteiger partial charge in [-0.2, -0.15) is 0 Å². The van der Waals surface area contributed by atoms with Crippen LogP contribution in [0.4, 0.5) is 4.79 Å². The van der Waals surface area contributed by atoms with E-state index in [9.17, 15) is 14.4 Å². The highest BCUT2D eigenvalue weighted by Crippen LogP contribution is 2.13. The fourth-order valence-corrected chi connectivity index (χ4v) is 1.50. The molecule has 0 aromatic heterocycles. The second kappa shape index (κ2) is 7.44. The number of nitrogens with one attached hydrogen (secondary N) is 2. The highest BCUT2D eigenvalue weighted by atomic mass is 16.5. The molecule has 0 saturated carbocycles. The second-order valence-corrected chi connectivity index (χ2v) is 5.56. The lowest BCUT2D eigenvalue weighted by atomic mass is 10.1. The molecule has 0 heterocycles. The Hall–Kier alpha value is -2.57. The average Bonchev–Trinajstić information content (AvgIpc) is 2.42. The van der Waals surface area contributed by atoms with Crippen LogP contribution < -0.4 is 15.4 Å². The molecule has 2 N–H and O–H groups in total. The van der Waals surface area contributed by atoms with E-state index in [-0.39, 0.29) is 5.56 Å². The second-order valence-electron chi connectivity index (χ2n) is 5.56. The molecule has 7 nitrogen and oxygen atoms in total. The Balaban J connectivity index is 2.46. The van der Waals surface area contributed by atoms with Gasteiger partial charge in [-0.1, -0.05) is 6.07 Å². The molecule has 0 bridgehead atoms. The van der Waals surface area contributed by atoms with Crippen molar-refractivity contribution in [2.24, 2.45) is 0 Å². The Kier molecular flexibility index (Phi) is 5.91. The molecule has 3 amide bonds. The van der Waals surface area contributed by atoms with Gasteiger partial charge in [0.25, 0.3) is 5.91 Å². The van der Waals surface area contributed by atoms with E-state index in [2.05, 4.69) is 10.6 Å². The molecule has 0 aliphatic heterocycles. The number of hydrogen-bond donors (Lipinski definition) is 2. The van der Waals surface area contributed by atoms with Crippen molar-refractivity contribution in [3.8, 4) is 5.75 Å². The average molecular weight is 308 g/mol. The quantitative estimate of drug-likeness (QED) is 0.822. The highest BCUT2D eigenvalue weighted by molar-refractivity contribution is 5.97. The number of amides is 3. The third kappa shape index (κ3) is 6.25. The maximum Gasteiger partial charge on any atom is 0.338 e. The van der Waals surface area contributed by atoms with Crippen molar-refractivity contribution in [2.45, 2.75) is 26.3 Å². The van der Waals surface area contributed by atoms with Crippen molar-refractivity contribution in [2.75, 3.05) is 13.7 Å². The van der Waals surface area contributed by atoms with Gasteiger partial charge in [0, 0.05) is 5.54 Å². The van der Waals surface area contributed by atoms with Crippen molar-refractivity contribution in [1.29, 1.82) is 0 Å². The summed E-state index contributed by atoms with van der Waals surface area (Å²) in [6.07, 6.45) is 0. The molecular formula is C15H20N2O5. The summed E-state index contributed by atoms with van der Waals surface area (Å²) in [5.74, 6) is -0.883. The number of esters is 1. The zero-order valence-corrected chi connectivity index (χ0v) is 13.1. The number of hydrogen-bond acceptors (Lipinski definition) is 5. The van der Waals surface area contributed by atoms with Gasteiger partial charge in [0.15, 0.2) is 6.61 Å². The summed E-state index contributed by atoms with van der Waals surface area (Å²) in [6.45, 7) is 4.78. The number of imide groups is 1. The maximum atomic E-state index is 11.8. The van der Waals surface area contributed by atoms with Gasteiger partial charge in [-0.25, -0.2) is 9.59 Å². The molecule has 1 aromatic carbocycles. The minimum absolute atomic E-state index is 0.256. The van der Waals surface area contributed by atoms with Gasteiger partial charge < -0.3 is 14.8 Å². The Labute approximate surface area is 129 Å².